The zero-order valence-corrected chi connectivity index (χ0v) is 17.6. The van der Waals surface area contributed by atoms with Crippen molar-refractivity contribution in [2.45, 2.75) is 45.0 Å². The van der Waals surface area contributed by atoms with Gasteiger partial charge in [0.15, 0.2) is 0 Å². The Morgan fingerprint density at radius 2 is 2.03 bits per heavy atom. The van der Waals surface area contributed by atoms with Gasteiger partial charge >= 0.3 is 0 Å². The Morgan fingerprint density at radius 3 is 2.80 bits per heavy atom. The second-order valence-corrected chi connectivity index (χ2v) is 8.83. The van der Waals surface area contributed by atoms with Crippen LogP contribution in [0.15, 0.2) is 24.3 Å². The smallest absolute Gasteiger partial charge is 0.270 e. The van der Waals surface area contributed by atoms with E-state index in [1.807, 2.05) is 18.2 Å². The number of aromatic nitrogens is 1. The number of carbonyl (C=O) groups excluding carboxylic acids is 1. The highest BCUT2D eigenvalue weighted by Gasteiger charge is 2.36. The summed E-state index contributed by atoms with van der Waals surface area (Å²) in [5, 5.41) is 0.892. The van der Waals surface area contributed by atoms with Gasteiger partial charge in [0.2, 0.25) is 0 Å². The lowest BCUT2D eigenvalue weighted by molar-refractivity contribution is -0.0495. The number of rotatable bonds is 6. The first-order chi connectivity index (χ1) is 14.4. The van der Waals surface area contributed by atoms with Crippen LogP contribution in [0.4, 0.5) is 8.78 Å². The number of fused-ring (bicyclic) bond motifs is 1. The number of piperidine rings is 2. The van der Waals surface area contributed by atoms with Gasteiger partial charge in [-0.15, -0.1) is 0 Å². The highest BCUT2D eigenvalue weighted by atomic mass is 19.3. The number of alkyl halides is 2. The molecular formula is C23H31F2N3O2. The summed E-state index contributed by atoms with van der Waals surface area (Å²) in [6, 6.07) is 7.51. The summed E-state index contributed by atoms with van der Waals surface area (Å²) in [4.78, 5) is 19.8. The van der Waals surface area contributed by atoms with E-state index in [1.54, 1.807) is 6.07 Å². The molecule has 1 N–H and O–H groups in total. The van der Waals surface area contributed by atoms with Crippen molar-refractivity contribution in [2.75, 3.05) is 39.3 Å². The van der Waals surface area contributed by atoms with Crippen LogP contribution in [0.1, 0.15) is 49.5 Å². The number of ether oxygens (including phenoxy) is 1. The van der Waals surface area contributed by atoms with Crippen molar-refractivity contribution < 1.29 is 18.3 Å². The first kappa shape index (κ1) is 21.1. The van der Waals surface area contributed by atoms with Crippen molar-refractivity contribution in [1.29, 1.82) is 0 Å². The van der Waals surface area contributed by atoms with Gasteiger partial charge in [0, 0.05) is 49.9 Å². The Bertz CT molecular complexity index is 872. The molecule has 4 rings (SSSR count). The molecule has 0 radical (unpaired) electrons. The molecule has 2 aliphatic rings. The standard InChI is InChI=1S/C23H31F2N3O2/c1-17-4-2-9-27(16-17)10-3-13-30-19-5-6-20-18(14-19)15-21(26-20)22(29)28-11-7-23(24,25)8-12-28/h5-6,14-15,17,26H,2-4,7-13,16H2,1H3. The average molecular weight is 420 g/mol. The molecule has 2 aromatic rings. The molecule has 2 aliphatic heterocycles. The fourth-order valence-corrected chi connectivity index (χ4v) is 4.49. The quantitative estimate of drug-likeness (QED) is 0.700. The largest absolute Gasteiger partial charge is 0.494 e. The second-order valence-electron chi connectivity index (χ2n) is 8.83. The Hall–Kier alpha value is -2.15. The van der Waals surface area contributed by atoms with Gasteiger partial charge in [-0.25, -0.2) is 8.78 Å². The number of likely N-dealkylation sites (tertiary alicyclic amines) is 2. The minimum Gasteiger partial charge on any atom is -0.494 e. The van der Waals surface area contributed by atoms with Crippen LogP contribution >= 0.6 is 0 Å². The Balaban J connectivity index is 1.30. The summed E-state index contributed by atoms with van der Waals surface area (Å²) < 4.78 is 32.6. The third-order valence-electron chi connectivity index (χ3n) is 6.23. The number of nitrogens with one attached hydrogen (secondary N) is 1. The van der Waals surface area contributed by atoms with E-state index >= 15 is 0 Å². The van der Waals surface area contributed by atoms with Crippen LogP contribution in [0.2, 0.25) is 0 Å². The number of hydrogen-bond acceptors (Lipinski definition) is 3. The number of H-pyrrole nitrogens is 1. The number of amides is 1. The first-order valence-electron chi connectivity index (χ1n) is 11.0. The molecule has 0 aliphatic carbocycles. The van der Waals surface area contributed by atoms with Crippen molar-refractivity contribution >= 4 is 16.8 Å². The molecule has 1 amide bonds. The van der Waals surface area contributed by atoms with Crippen LogP contribution < -0.4 is 4.74 Å². The predicted octanol–water partition coefficient (Wildman–Crippen LogP) is 4.54. The first-order valence-corrected chi connectivity index (χ1v) is 11.0. The second kappa shape index (κ2) is 8.92. The topological polar surface area (TPSA) is 48.6 Å². The van der Waals surface area contributed by atoms with E-state index in [9.17, 15) is 13.6 Å². The fraction of sp³-hybridized carbons (Fsp3) is 0.609. The van der Waals surface area contributed by atoms with E-state index in [0.717, 1.165) is 35.5 Å². The van der Waals surface area contributed by atoms with E-state index in [1.165, 1.54) is 30.8 Å². The van der Waals surface area contributed by atoms with Crippen LogP contribution in [-0.4, -0.2) is 65.9 Å². The Kier molecular flexibility index (Phi) is 6.27. The van der Waals surface area contributed by atoms with Crippen LogP contribution in [0.3, 0.4) is 0 Å². The van der Waals surface area contributed by atoms with Gasteiger partial charge in [-0.1, -0.05) is 6.92 Å². The summed E-state index contributed by atoms with van der Waals surface area (Å²) in [5.41, 5.74) is 1.28. The molecule has 1 atom stereocenters. The number of hydrogen-bond donors (Lipinski definition) is 1. The zero-order valence-electron chi connectivity index (χ0n) is 17.6. The third kappa shape index (κ3) is 5.12. The highest BCUT2D eigenvalue weighted by molar-refractivity contribution is 5.98. The molecule has 30 heavy (non-hydrogen) atoms. The van der Waals surface area contributed by atoms with Gasteiger partial charge in [-0.2, -0.15) is 0 Å². The number of aromatic amines is 1. The van der Waals surface area contributed by atoms with E-state index < -0.39 is 5.92 Å². The van der Waals surface area contributed by atoms with E-state index in [-0.39, 0.29) is 31.8 Å². The van der Waals surface area contributed by atoms with Gasteiger partial charge in [0.05, 0.1) is 6.61 Å². The molecule has 1 aromatic carbocycles. The van der Waals surface area contributed by atoms with Gasteiger partial charge in [0.1, 0.15) is 11.4 Å². The molecule has 164 valence electrons. The van der Waals surface area contributed by atoms with Crippen molar-refractivity contribution in [3.63, 3.8) is 0 Å². The third-order valence-corrected chi connectivity index (χ3v) is 6.23. The molecule has 0 saturated carbocycles. The number of halogens is 2. The van der Waals surface area contributed by atoms with Crippen LogP contribution in [0.5, 0.6) is 5.75 Å². The van der Waals surface area contributed by atoms with Crippen molar-refractivity contribution in [3.05, 3.63) is 30.0 Å². The number of carbonyl (C=O) groups is 1. The summed E-state index contributed by atoms with van der Waals surface area (Å²) in [5.74, 6) is -1.31. The number of benzene rings is 1. The molecule has 7 heteroatoms. The molecule has 0 spiro atoms. The summed E-state index contributed by atoms with van der Waals surface area (Å²) in [7, 11) is 0. The summed E-state index contributed by atoms with van der Waals surface area (Å²) >= 11 is 0. The lowest BCUT2D eigenvalue weighted by atomic mass is 10.0. The molecule has 1 unspecified atom stereocenters. The molecule has 3 heterocycles. The Labute approximate surface area is 176 Å². The molecule has 5 nitrogen and oxygen atoms in total. The van der Waals surface area contributed by atoms with E-state index in [0.29, 0.717) is 12.3 Å². The molecular weight excluding hydrogens is 388 g/mol. The van der Waals surface area contributed by atoms with Crippen molar-refractivity contribution in [1.82, 2.24) is 14.8 Å². The lowest BCUT2D eigenvalue weighted by Crippen LogP contribution is -2.42. The minimum atomic E-state index is -2.66. The molecule has 0 bridgehead atoms. The summed E-state index contributed by atoms with van der Waals surface area (Å²) in [6.07, 6.45) is 3.06. The maximum absolute atomic E-state index is 13.3. The highest BCUT2D eigenvalue weighted by Crippen LogP contribution is 2.29. The van der Waals surface area contributed by atoms with Gasteiger partial charge in [-0.3, -0.25) is 4.79 Å². The van der Waals surface area contributed by atoms with Crippen LogP contribution in [0.25, 0.3) is 10.9 Å². The molecule has 2 saturated heterocycles. The predicted molar refractivity (Wildman–Crippen MR) is 113 cm³/mol. The summed E-state index contributed by atoms with van der Waals surface area (Å²) in [6.45, 7) is 6.58. The maximum atomic E-state index is 13.3. The van der Waals surface area contributed by atoms with Crippen molar-refractivity contribution in [2.24, 2.45) is 5.92 Å². The molecule has 1 aromatic heterocycles. The number of nitrogens with zero attached hydrogens (tertiary/aromatic N) is 2. The fourth-order valence-electron chi connectivity index (χ4n) is 4.49. The maximum Gasteiger partial charge on any atom is 0.270 e. The lowest BCUT2D eigenvalue weighted by Gasteiger charge is -2.31. The van der Waals surface area contributed by atoms with Gasteiger partial charge < -0.3 is 19.5 Å². The monoisotopic (exact) mass is 419 g/mol. The minimum absolute atomic E-state index is 0.0886. The van der Waals surface area contributed by atoms with Gasteiger partial charge in [0.25, 0.3) is 11.8 Å². The molecule has 2 fully saturated rings. The van der Waals surface area contributed by atoms with Crippen LogP contribution in [-0.2, 0) is 0 Å². The zero-order chi connectivity index (χ0) is 21.1. The van der Waals surface area contributed by atoms with Crippen molar-refractivity contribution in [3.8, 4) is 5.75 Å². The van der Waals surface area contributed by atoms with E-state index in [4.69, 9.17) is 4.74 Å². The van der Waals surface area contributed by atoms with E-state index in [2.05, 4.69) is 16.8 Å². The average Bonchev–Trinajstić information content (AvgIpc) is 3.14. The van der Waals surface area contributed by atoms with Crippen LogP contribution in [0, 0.1) is 5.92 Å². The SMILES string of the molecule is CC1CCCN(CCCOc2ccc3[nH]c(C(=O)N4CCC(F)(F)CC4)cc3c2)C1. The Morgan fingerprint density at radius 1 is 1.23 bits per heavy atom. The normalized spacial score (nSPS) is 22.4. The van der Waals surface area contributed by atoms with Gasteiger partial charge in [-0.05, 0) is 56.0 Å².